The average Bonchev–Trinajstić information content (AvgIpc) is 2.17. The summed E-state index contributed by atoms with van der Waals surface area (Å²) in [6.07, 6.45) is 1.86. The number of anilines is 1. The van der Waals surface area contributed by atoms with Gasteiger partial charge in [-0.15, -0.1) is 0 Å². The summed E-state index contributed by atoms with van der Waals surface area (Å²) in [5.74, 6) is -0.265. The van der Waals surface area contributed by atoms with Crippen molar-refractivity contribution in [1.29, 1.82) is 0 Å². The summed E-state index contributed by atoms with van der Waals surface area (Å²) >= 11 is 0. The molecule has 1 atom stereocenters. The van der Waals surface area contributed by atoms with Crippen LogP contribution in [0.3, 0.4) is 0 Å². The summed E-state index contributed by atoms with van der Waals surface area (Å²) in [6.45, 7) is 5.84. The standard InChI is InChI=1S/C13H19NO2/c1-4-5-10(3)16-13(15)12-7-6-11(14)8-9(12)2/h6-8,10H,4-5,14H2,1-3H3. The number of esters is 1. The molecule has 3 nitrogen and oxygen atoms in total. The second-order valence-electron chi connectivity index (χ2n) is 4.08. The minimum absolute atomic E-state index is 0.0329. The van der Waals surface area contributed by atoms with Crippen LogP contribution in [0.15, 0.2) is 18.2 Å². The highest BCUT2D eigenvalue weighted by molar-refractivity contribution is 5.91. The first kappa shape index (κ1) is 12.6. The number of carbonyl (C=O) groups is 1. The summed E-state index contributed by atoms with van der Waals surface area (Å²) in [7, 11) is 0. The van der Waals surface area contributed by atoms with Crippen LogP contribution in [0.2, 0.25) is 0 Å². The van der Waals surface area contributed by atoms with E-state index in [0.717, 1.165) is 18.4 Å². The highest BCUT2D eigenvalue weighted by Gasteiger charge is 2.13. The second-order valence-corrected chi connectivity index (χ2v) is 4.08. The monoisotopic (exact) mass is 221 g/mol. The molecular formula is C13H19NO2. The third-order valence-electron chi connectivity index (χ3n) is 2.47. The normalized spacial score (nSPS) is 12.2. The molecule has 0 radical (unpaired) electrons. The van der Waals surface area contributed by atoms with Crippen molar-refractivity contribution in [1.82, 2.24) is 0 Å². The van der Waals surface area contributed by atoms with E-state index in [1.807, 2.05) is 13.8 Å². The number of hydrogen-bond acceptors (Lipinski definition) is 3. The first-order valence-electron chi connectivity index (χ1n) is 5.61. The number of nitrogen functional groups attached to an aromatic ring is 1. The van der Waals surface area contributed by atoms with Gasteiger partial charge in [0.25, 0.3) is 0 Å². The second kappa shape index (κ2) is 5.54. The van der Waals surface area contributed by atoms with Crippen molar-refractivity contribution < 1.29 is 9.53 Å². The van der Waals surface area contributed by atoms with Crippen LogP contribution in [0.1, 0.15) is 42.6 Å². The van der Waals surface area contributed by atoms with Gasteiger partial charge in [0.15, 0.2) is 0 Å². The highest BCUT2D eigenvalue weighted by atomic mass is 16.5. The Morgan fingerprint density at radius 3 is 2.75 bits per heavy atom. The van der Waals surface area contributed by atoms with Crippen LogP contribution in [0.4, 0.5) is 5.69 Å². The van der Waals surface area contributed by atoms with Gasteiger partial charge in [-0.05, 0) is 44.0 Å². The third-order valence-corrected chi connectivity index (χ3v) is 2.47. The topological polar surface area (TPSA) is 52.3 Å². The maximum atomic E-state index is 11.8. The molecule has 0 spiro atoms. The molecule has 1 aromatic rings. The molecule has 1 unspecified atom stereocenters. The lowest BCUT2D eigenvalue weighted by Gasteiger charge is -2.13. The van der Waals surface area contributed by atoms with E-state index in [1.54, 1.807) is 18.2 Å². The molecule has 0 aliphatic carbocycles. The summed E-state index contributed by atoms with van der Waals surface area (Å²) in [6, 6.07) is 5.21. The Bertz CT molecular complexity index is 374. The molecule has 0 amide bonds. The van der Waals surface area contributed by atoms with Crippen molar-refractivity contribution in [3.05, 3.63) is 29.3 Å². The fraction of sp³-hybridized carbons (Fsp3) is 0.462. The van der Waals surface area contributed by atoms with E-state index in [1.165, 1.54) is 0 Å². The van der Waals surface area contributed by atoms with Crippen LogP contribution < -0.4 is 5.73 Å². The molecule has 0 bridgehead atoms. The maximum Gasteiger partial charge on any atom is 0.338 e. The van der Waals surface area contributed by atoms with Gasteiger partial charge in [-0.3, -0.25) is 0 Å². The van der Waals surface area contributed by atoms with E-state index >= 15 is 0 Å². The Morgan fingerprint density at radius 2 is 2.19 bits per heavy atom. The van der Waals surface area contributed by atoms with Gasteiger partial charge in [0, 0.05) is 5.69 Å². The predicted molar refractivity (Wildman–Crippen MR) is 65.4 cm³/mol. The number of nitrogens with two attached hydrogens (primary N) is 1. The molecule has 0 aliphatic heterocycles. The van der Waals surface area contributed by atoms with Gasteiger partial charge in [-0.1, -0.05) is 13.3 Å². The van der Waals surface area contributed by atoms with Crippen molar-refractivity contribution in [3.63, 3.8) is 0 Å². The van der Waals surface area contributed by atoms with Gasteiger partial charge in [-0.2, -0.15) is 0 Å². The molecule has 0 saturated carbocycles. The Kier molecular flexibility index (Phi) is 4.35. The lowest BCUT2D eigenvalue weighted by Crippen LogP contribution is -2.15. The zero-order valence-electron chi connectivity index (χ0n) is 10.1. The van der Waals surface area contributed by atoms with Crippen molar-refractivity contribution in [3.8, 4) is 0 Å². The molecule has 1 aromatic carbocycles. The molecule has 0 saturated heterocycles. The zero-order chi connectivity index (χ0) is 12.1. The van der Waals surface area contributed by atoms with Crippen molar-refractivity contribution >= 4 is 11.7 Å². The first-order valence-corrected chi connectivity index (χ1v) is 5.61. The zero-order valence-corrected chi connectivity index (χ0v) is 10.1. The van der Waals surface area contributed by atoms with Gasteiger partial charge in [0.05, 0.1) is 11.7 Å². The largest absolute Gasteiger partial charge is 0.459 e. The third kappa shape index (κ3) is 3.26. The van der Waals surface area contributed by atoms with Crippen LogP contribution in [-0.2, 0) is 4.74 Å². The number of hydrogen-bond donors (Lipinski definition) is 1. The molecule has 0 fully saturated rings. The van der Waals surface area contributed by atoms with Crippen LogP contribution >= 0.6 is 0 Å². The first-order chi connectivity index (χ1) is 7.54. The lowest BCUT2D eigenvalue weighted by molar-refractivity contribution is 0.0322. The summed E-state index contributed by atoms with van der Waals surface area (Å²) in [5, 5.41) is 0. The number of aryl methyl sites for hydroxylation is 1. The fourth-order valence-corrected chi connectivity index (χ4v) is 1.63. The number of rotatable bonds is 4. The minimum atomic E-state index is -0.265. The van der Waals surface area contributed by atoms with Crippen LogP contribution in [0.25, 0.3) is 0 Å². The van der Waals surface area contributed by atoms with E-state index < -0.39 is 0 Å². The Labute approximate surface area is 96.6 Å². The molecular weight excluding hydrogens is 202 g/mol. The molecule has 88 valence electrons. The molecule has 0 heterocycles. The Balaban J connectivity index is 2.73. The maximum absolute atomic E-state index is 11.8. The quantitative estimate of drug-likeness (QED) is 0.628. The van der Waals surface area contributed by atoms with Crippen LogP contribution in [0.5, 0.6) is 0 Å². The summed E-state index contributed by atoms with van der Waals surface area (Å²) in [4.78, 5) is 11.8. The Hall–Kier alpha value is -1.51. The molecule has 16 heavy (non-hydrogen) atoms. The average molecular weight is 221 g/mol. The highest BCUT2D eigenvalue weighted by Crippen LogP contribution is 2.15. The Morgan fingerprint density at radius 1 is 1.50 bits per heavy atom. The number of ether oxygens (including phenoxy) is 1. The molecule has 2 N–H and O–H groups in total. The fourth-order valence-electron chi connectivity index (χ4n) is 1.63. The van der Waals surface area contributed by atoms with Crippen LogP contribution in [-0.4, -0.2) is 12.1 Å². The van der Waals surface area contributed by atoms with Crippen LogP contribution in [0, 0.1) is 6.92 Å². The van der Waals surface area contributed by atoms with Gasteiger partial charge >= 0.3 is 5.97 Å². The lowest BCUT2D eigenvalue weighted by atomic mass is 10.1. The molecule has 1 rings (SSSR count). The van der Waals surface area contributed by atoms with E-state index in [0.29, 0.717) is 11.3 Å². The van der Waals surface area contributed by atoms with Crippen molar-refractivity contribution in [2.75, 3.05) is 5.73 Å². The minimum Gasteiger partial charge on any atom is -0.459 e. The molecule has 3 heteroatoms. The van der Waals surface area contributed by atoms with Gasteiger partial charge in [0.2, 0.25) is 0 Å². The summed E-state index contributed by atoms with van der Waals surface area (Å²) in [5.41, 5.74) is 7.74. The van der Waals surface area contributed by atoms with Gasteiger partial charge < -0.3 is 10.5 Å². The molecule has 0 aliphatic rings. The SMILES string of the molecule is CCCC(C)OC(=O)c1ccc(N)cc1C. The van der Waals surface area contributed by atoms with E-state index in [4.69, 9.17) is 10.5 Å². The van der Waals surface area contributed by atoms with E-state index in [-0.39, 0.29) is 12.1 Å². The molecule has 0 aromatic heterocycles. The number of benzene rings is 1. The number of carbonyl (C=O) groups excluding carboxylic acids is 1. The van der Waals surface area contributed by atoms with Crippen molar-refractivity contribution in [2.45, 2.75) is 39.7 Å². The van der Waals surface area contributed by atoms with E-state index in [2.05, 4.69) is 6.92 Å². The van der Waals surface area contributed by atoms with Gasteiger partial charge in [-0.25, -0.2) is 4.79 Å². The predicted octanol–water partition coefficient (Wildman–Crippen LogP) is 2.92. The smallest absolute Gasteiger partial charge is 0.338 e. The van der Waals surface area contributed by atoms with E-state index in [9.17, 15) is 4.79 Å². The van der Waals surface area contributed by atoms with Crippen molar-refractivity contribution in [2.24, 2.45) is 0 Å². The summed E-state index contributed by atoms with van der Waals surface area (Å²) < 4.78 is 5.32. The van der Waals surface area contributed by atoms with Gasteiger partial charge in [0.1, 0.15) is 0 Å².